The number of hydrogen-bond donors (Lipinski definition) is 0. The van der Waals surface area contributed by atoms with Gasteiger partial charge in [0.2, 0.25) is 0 Å². The molecule has 5 heteroatoms. The second kappa shape index (κ2) is 14.7. The summed E-state index contributed by atoms with van der Waals surface area (Å²) in [6.45, 7) is 0. The van der Waals surface area contributed by atoms with E-state index in [9.17, 15) is 0 Å². The van der Waals surface area contributed by atoms with E-state index in [0.717, 1.165) is 105 Å². The minimum absolute atomic E-state index is 0.549. The second-order valence-corrected chi connectivity index (χ2v) is 15.5. The normalized spacial score (nSPS) is 11.5. The molecule has 0 aliphatic carbocycles. The van der Waals surface area contributed by atoms with Crippen LogP contribution >= 0.6 is 0 Å². The van der Waals surface area contributed by atoms with Crippen molar-refractivity contribution in [3.8, 4) is 78.7 Å². The number of aromatic nitrogens is 3. The third-order valence-electron chi connectivity index (χ3n) is 11.7. The molecular weight excluding hydrogens is 759 g/mol. The summed E-state index contributed by atoms with van der Waals surface area (Å²) in [4.78, 5) is 15.9. The minimum Gasteiger partial charge on any atom is -0.455 e. The molecule has 0 spiro atoms. The van der Waals surface area contributed by atoms with Crippen molar-refractivity contribution in [1.29, 1.82) is 0 Å². The third-order valence-corrected chi connectivity index (χ3v) is 11.7. The van der Waals surface area contributed by atoms with Crippen LogP contribution in [0.1, 0.15) is 0 Å². The molecule has 0 fully saturated rings. The molecule has 0 atom stereocenters. The summed E-state index contributed by atoms with van der Waals surface area (Å²) in [7, 11) is 0. The van der Waals surface area contributed by atoms with Gasteiger partial charge in [-0.3, -0.25) is 0 Å². The number of nitrogens with zero attached hydrogens (tertiary/aromatic N) is 3. The Morgan fingerprint density at radius 1 is 0.258 bits per heavy atom. The average Bonchev–Trinajstić information content (AvgIpc) is 3.93. The molecular formula is C57H35N3O2. The van der Waals surface area contributed by atoms with Gasteiger partial charge in [0.15, 0.2) is 17.5 Å². The van der Waals surface area contributed by atoms with Gasteiger partial charge in [0.1, 0.15) is 22.3 Å². The van der Waals surface area contributed by atoms with Gasteiger partial charge >= 0.3 is 0 Å². The van der Waals surface area contributed by atoms with Crippen LogP contribution in [0, 0.1) is 0 Å². The summed E-state index contributed by atoms with van der Waals surface area (Å²) < 4.78 is 13.7. The zero-order valence-electron chi connectivity index (χ0n) is 33.4. The van der Waals surface area contributed by atoms with Crippen molar-refractivity contribution in [2.45, 2.75) is 0 Å². The molecule has 0 aliphatic rings. The Hall–Kier alpha value is -8.41. The maximum atomic E-state index is 6.83. The molecule has 0 N–H and O–H groups in total. The Morgan fingerprint density at radius 3 is 1.02 bits per heavy atom. The summed E-state index contributed by atoms with van der Waals surface area (Å²) in [5.74, 6) is 1.67. The van der Waals surface area contributed by atoms with Crippen molar-refractivity contribution in [2.75, 3.05) is 0 Å². The van der Waals surface area contributed by atoms with Crippen LogP contribution in [-0.4, -0.2) is 15.0 Å². The SMILES string of the molecule is c1ccc(-c2cc(-c3ccccc3)c3oc4cccc(-c5nc(-c6ccccc6)nc(-c6cccc7oc8c(-c9ccccc9)cc(-c9ccccc9)cc8c67)n5)c4c3c2)cc1. The minimum atomic E-state index is 0.549. The molecule has 0 radical (unpaired) electrons. The van der Waals surface area contributed by atoms with Crippen molar-refractivity contribution < 1.29 is 8.83 Å². The first-order valence-electron chi connectivity index (χ1n) is 20.8. The molecule has 9 aromatic carbocycles. The predicted molar refractivity (Wildman–Crippen MR) is 252 cm³/mol. The van der Waals surface area contributed by atoms with E-state index in [4.69, 9.17) is 23.8 Å². The first kappa shape index (κ1) is 35.5. The van der Waals surface area contributed by atoms with Gasteiger partial charge in [0, 0.05) is 49.4 Å². The van der Waals surface area contributed by atoms with E-state index in [1.54, 1.807) is 0 Å². The molecule has 0 unspecified atom stereocenters. The van der Waals surface area contributed by atoms with Crippen LogP contribution in [0.4, 0.5) is 0 Å². The van der Waals surface area contributed by atoms with Gasteiger partial charge in [-0.2, -0.15) is 0 Å². The molecule has 5 nitrogen and oxygen atoms in total. The van der Waals surface area contributed by atoms with Gasteiger partial charge in [-0.05, 0) is 69.8 Å². The lowest BCUT2D eigenvalue weighted by Gasteiger charge is -2.11. The molecule has 0 saturated carbocycles. The molecule has 290 valence electrons. The summed E-state index contributed by atoms with van der Waals surface area (Å²) in [6, 6.07) is 73.2. The highest BCUT2D eigenvalue weighted by Crippen LogP contribution is 2.45. The molecule has 12 aromatic rings. The monoisotopic (exact) mass is 793 g/mol. The van der Waals surface area contributed by atoms with Crippen LogP contribution in [0.25, 0.3) is 123 Å². The van der Waals surface area contributed by atoms with E-state index < -0.39 is 0 Å². The number of benzene rings is 9. The zero-order chi connectivity index (χ0) is 41.0. The standard InChI is InChI=1S/C57H35N3O2/c1-6-18-36(19-7-1)41-32-45(38-22-10-3-11-23-38)53-47(34-41)51-43(28-16-30-49(51)61-53)56-58-55(40-26-14-5-15-27-40)59-57(60-56)44-29-17-31-50-52(44)48-35-42(37-20-8-2-9-21-37)33-46(54(48)62-50)39-24-12-4-13-25-39/h1-35H. The van der Waals surface area contributed by atoms with Crippen LogP contribution < -0.4 is 0 Å². The molecule has 3 aromatic heterocycles. The fourth-order valence-corrected chi connectivity index (χ4v) is 8.82. The Bertz CT molecular complexity index is 3380. The summed E-state index contributed by atoms with van der Waals surface area (Å²) >= 11 is 0. The van der Waals surface area contributed by atoms with Gasteiger partial charge in [0.05, 0.1) is 0 Å². The van der Waals surface area contributed by atoms with Gasteiger partial charge in [-0.25, -0.2) is 15.0 Å². The van der Waals surface area contributed by atoms with Gasteiger partial charge in [-0.15, -0.1) is 0 Å². The number of furan rings is 2. The molecule has 0 bridgehead atoms. The van der Waals surface area contributed by atoms with Crippen LogP contribution in [0.15, 0.2) is 221 Å². The molecule has 0 amide bonds. The van der Waals surface area contributed by atoms with E-state index in [0.29, 0.717) is 17.5 Å². The van der Waals surface area contributed by atoms with E-state index in [-0.39, 0.29) is 0 Å². The number of fused-ring (bicyclic) bond motifs is 6. The first-order chi connectivity index (χ1) is 30.7. The smallest absolute Gasteiger partial charge is 0.164 e. The lowest BCUT2D eigenvalue weighted by Crippen LogP contribution is -2.00. The average molecular weight is 794 g/mol. The number of rotatable bonds is 7. The Balaban J connectivity index is 1.13. The van der Waals surface area contributed by atoms with E-state index >= 15 is 0 Å². The van der Waals surface area contributed by atoms with Crippen molar-refractivity contribution in [3.05, 3.63) is 212 Å². The van der Waals surface area contributed by atoms with Crippen LogP contribution in [0.5, 0.6) is 0 Å². The zero-order valence-corrected chi connectivity index (χ0v) is 33.4. The van der Waals surface area contributed by atoms with E-state index in [1.807, 2.05) is 78.9 Å². The highest BCUT2D eigenvalue weighted by Gasteiger charge is 2.23. The summed E-state index contributed by atoms with van der Waals surface area (Å²) in [5.41, 5.74) is 14.4. The number of hydrogen-bond acceptors (Lipinski definition) is 5. The molecule has 0 saturated heterocycles. The van der Waals surface area contributed by atoms with Crippen molar-refractivity contribution in [3.63, 3.8) is 0 Å². The maximum Gasteiger partial charge on any atom is 0.164 e. The largest absolute Gasteiger partial charge is 0.455 e. The van der Waals surface area contributed by atoms with Crippen molar-refractivity contribution >= 4 is 43.9 Å². The topological polar surface area (TPSA) is 65.0 Å². The highest BCUT2D eigenvalue weighted by atomic mass is 16.3. The van der Waals surface area contributed by atoms with Crippen LogP contribution in [-0.2, 0) is 0 Å². The fraction of sp³-hybridized carbons (Fsp3) is 0. The van der Waals surface area contributed by atoms with Gasteiger partial charge in [-0.1, -0.05) is 176 Å². The maximum absolute atomic E-state index is 6.83. The fourth-order valence-electron chi connectivity index (χ4n) is 8.82. The van der Waals surface area contributed by atoms with Crippen molar-refractivity contribution in [1.82, 2.24) is 15.0 Å². The second-order valence-electron chi connectivity index (χ2n) is 15.5. The van der Waals surface area contributed by atoms with Crippen molar-refractivity contribution in [2.24, 2.45) is 0 Å². The Morgan fingerprint density at radius 2 is 0.613 bits per heavy atom. The molecule has 62 heavy (non-hydrogen) atoms. The molecule has 3 heterocycles. The Kier molecular flexibility index (Phi) is 8.42. The van der Waals surface area contributed by atoms with Gasteiger partial charge < -0.3 is 8.83 Å². The lowest BCUT2D eigenvalue weighted by molar-refractivity contribution is 0.669. The van der Waals surface area contributed by atoms with Crippen LogP contribution in [0.3, 0.4) is 0 Å². The van der Waals surface area contributed by atoms with Gasteiger partial charge in [0.25, 0.3) is 0 Å². The van der Waals surface area contributed by atoms with E-state index in [1.165, 1.54) is 0 Å². The van der Waals surface area contributed by atoms with Crippen LogP contribution in [0.2, 0.25) is 0 Å². The molecule has 12 rings (SSSR count). The molecule has 0 aliphatic heterocycles. The van der Waals surface area contributed by atoms with E-state index in [2.05, 4.69) is 133 Å². The highest BCUT2D eigenvalue weighted by molar-refractivity contribution is 6.18. The Labute approximate surface area is 357 Å². The quantitative estimate of drug-likeness (QED) is 0.161. The summed E-state index contributed by atoms with van der Waals surface area (Å²) in [6.07, 6.45) is 0. The third kappa shape index (κ3) is 6.06. The predicted octanol–water partition coefficient (Wildman–Crippen LogP) is 15.3. The first-order valence-corrected chi connectivity index (χ1v) is 20.8. The summed E-state index contributed by atoms with van der Waals surface area (Å²) in [5, 5.41) is 3.87. The lowest BCUT2D eigenvalue weighted by atomic mass is 9.94.